The van der Waals surface area contributed by atoms with Crippen molar-refractivity contribution in [2.24, 2.45) is 5.73 Å². The molecule has 11 N–H and O–H groups in total. The fourth-order valence-corrected chi connectivity index (χ4v) is 6.84. The molecular formula is C38H50N8O12S. The van der Waals surface area contributed by atoms with Gasteiger partial charge in [-0.2, -0.15) is 11.8 Å². The highest BCUT2D eigenvalue weighted by Crippen LogP contribution is 2.27. The minimum absolute atomic E-state index is 0.00917. The molecule has 0 unspecified atom stereocenters. The van der Waals surface area contributed by atoms with Crippen LogP contribution in [-0.2, 0) is 41.6 Å². The fraction of sp³-hybridized carbons (Fsp3) is 0.447. The van der Waals surface area contributed by atoms with Crippen LogP contribution >= 0.6 is 11.8 Å². The van der Waals surface area contributed by atoms with Gasteiger partial charge in [0.1, 0.15) is 41.5 Å². The third-order valence-electron chi connectivity index (χ3n) is 9.67. The van der Waals surface area contributed by atoms with Crippen LogP contribution in [0.4, 0.5) is 9.59 Å². The topological polar surface area (TPSA) is 302 Å². The fourth-order valence-electron chi connectivity index (χ4n) is 6.37. The Morgan fingerprint density at radius 1 is 1.00 bits per heavy atom. The summed E-state index contributed by atoms with van der Waals surface area (Å²) in [7, 11) is 1.38. The van der Waals surface area contributed by atoms with Crippen molar-refractivity contribution in [3.05, 3.63) is 71.6 Å². The summed E-state index contributed by atoms with van der Waals surface area (Å²) < 4.78 is 5.74. The van der Waals surface area contributed by atoms with Gasteiger partial charge in [0.2, 0.25) is 29.9 Å². The number of aliphatic hydroxyl groups is 1. The maximum Gasteiger partial charge on any atom is 0.327 e. The molecule has 0 saturated carbocycles. The van der Waals surface area contributed by atoms with Crippen molar-refractivity contribution in [3.8, 4) is 11.5 Å². The molecule has 2 fully saturated rings. The van der Waals surface area contributed by atoms with E-state index >= 15 is 0 Å². The molecule has 2 heterocycles. The van der Waals surface area contributed by atoms with Crippen molar-refractivity contribution in [2.75, 3.05) is 25.6 Å². The molecule has 0 radical (unpaired) electrons. The van der Waals surface area contributed by atoms with E-state index in [1.165, 1.54) is 61.0 Å². The number of carbonyl (C=O) groups is 7. The zero-order valence-electron chi connectivity index (χ0n) is 32.6. The largest absolute Gasteiger partial charge is 0.508 e. The molecule has 21 heteroatoms. The van der Waals surface area contributed by atoms with Gasteiger partial charge < -0.3 is 57.1 Å². The number of carbonyl (C=O) groups excluding carboxylic acids is 6. The van der Waals surface area contributed by atoms with Crippen molar-refractivity contribution in [1.82, 2.24) is 36.4 Å². The van der Waals surface area contributed by atoms with Crippen LogP contribution in [-0.4, -0.2) is 140 Å². The summed E-state index contributed by atoms with van der Waals surface area (Å²) >= 11 is 1.36. The summed E-state index contributed by atoms with van der Waals surface area (Å²) in [6.07, 6.45) is 0.281. The average Bonchev–Trinajstić information content (AvgIpc) is 3.55. The van der Waals surface area contributed by atoms with Crippen molar-refractivity contribution in [3.63, 3.8) is 0 Å². The van der Waals surface area contributed by atoms with Gasteiger partial charge in [-0.25, -0.2) is 14.4 Å². The van der Waals surface area contributed by atoms with E-state index in [-0.39, 0.29) is 55.9 Å². The lowest BCUT2D eigenvalue weighted by molar-refractivity contribution is -0.139. The number of aliphatic carboxylic acids is 1. The molecule has 2 aromatic carbocycles. The number of nitrogens with one attached hydrogen (secondary N) is 5. The molecule has 20 nitrogen and oxygen atoms in total. The number of benzene rings is 2. The van der Waals surface area contributed by atoms with Crippen molar-refractivity contribution in [2.45, 2.75) is 81.6 Å². The van der Waals surface area contributed by atoms with Crippen LogP contribution in [0.1, 0.15) is 37.3 Å². The zero-order valence-corrected chi connectivity index (χ0v) is 33.4. The van der Waals surface area contributed by atoms with Crippen molar-refractivity contribution < 1.29 is 58.7 Å². The Morgan fingerprint density at radius 2 is 1.63 bits per heavy atom. The number of hydrogen-bond donors (Lipinski definition) is 10. The summed E-state index contributed by atoms with van der Waals surface area (Å²) in [6.45, 7) is 1.47. The number of amides is 8. The molecular weight excluding hydrogens is 793 g/mol. The van der Waals surface area contributed by atoms with E-state index in [0.29, 0.717) is 16.9 Å². The highest BCUT2D eigenvalue weighted by Gasteiger charge is 2.41. The van der Waals surface area contributed by atoms with Crippen LogP contribution in [0, 0.1) is 0 Å². The number of phenolic OH excluding ortho intramolecular Hbond substituents is 2. The van der Waals surface area contributed by atoms with E-state index in [9.17, 15) is 54.0 Å². The Hall–Kier alpha value is -6.06. The first-order valence-corrected chi connectivity index (χ1v) is 20.0. The van der Waals surface area contributed by atoms with E-state index in [1.807, 2.05) is 0 Å². The molecule has 2 aliphatic heterocycles. The quantitative estimate of drug-likeness (QED) is 0.0899. The Bertz CT molecular complexity index is 1920. The van der Waals surface area contributed by atoms with Gasteiger partial charge in [0.05, 0.1) is 12.1 Å². The number of thioether (sulfide) groups is 1. The van der Waals surface area contributed by atoms with Gasteiger partial charge in [-0.05, 0) is 67.2 Å². The second-order valence-electron chi connectivity index (χ2n) is 14.1. The number of likely N-dealkylation sites (N-methyl/N-ethyl adjacent to an activating group) is 1. The number of nitrogens with two attached hydrogens (primary N) is 1. The molecule has 7 atom stereocenters. The van der Waals surface area contributed by atoms with Crippen LogP contribution in [0.25, 0.3) is 0 Å². The van der Waals surface area contributed by atoms with E-state index in [0.717, 1.165) is 11.1 Å². The zero-order chi connectivity index (χ0) is 43.4. The molecule has 0 aliphatic carbocycles. The van der Waals surface area contributed by atoms with Crippen LogP contribution < -0.4 is 32.3 Å². The number of ether oxygens (including phenoxy) is 1. The molecule has 2 aromatic rings. The molecule has 2 saturated heterocycles. The molecule has 2 aliphatic rings. The third-order valence-corrected chi connectivity index (χ3v) is 10.3. The molecule has 0 aromatic heterocycles. The molecule has 4 rings (SSSR count). The number of carboxylic acids is 1. The monoisotopic (exact) mass is 842 g/mol. The third kappa shape index (κ3) is 13.0. The van der Waals surface area contributed by atoms with Gasteiger partial charge in [-0.15, -0.1) is 0 Å². The molecule has 0 spiro atoms. The first-order chi connectivity index (χ1) is 28.0. The molecule has 0 bridgehead atoms. The van der Waals surface area contributed by atoms with Crippen molar-refractivity contribution >= 4 is 53.4 Å². The van der Waals surface area contributed by atoms with E-state index < -0.39 is 84.2 Å². The first kappa shape index (κ1) is 45.6. The minimum Gasteiger partial charge on any atom is -0.508 e. The highest BCUT2D eigenvalue weighted by atomic mass is 32.2. The number of hydrogen-bond acceptors (Lipinski definition) is 13. The highest BCUT2D eigenvalue weighted by molar-refractivity contribution is 7.98. The number of carboxylic acid groups (broad SMARTS) is 1. The number of aromatic hydroxyl groups is 2. The average molecular weight is 843 g/mol. The standard InChI is InChI=1S/C38H50N8O12S/c1-20(45(2)34(53)26(39)16-21-6-4-8-23(47)14-21)31(33(52)40-19-25-18-29(49)35(58-25)46-12-10-30(50)43-38(46)57)44-32(51)27(11-13-59-3)41-37(56)42-28(36(54)55)17-22-7-5-9-24(48)15-22/h4-9,14-15,19-20,26-29,31,35,47-49H,10-13,16-18,39H2,1-3H3,(H,40,52)(H,44,51)(H,54,55)(H2,41,42,56)(H,43,50,57)/t20-,26-,27+,28-,29+,31-,35-/m0/s1. The Morgan fingerprint density at radius 3 is 2.22 bits per heavy atom. The predicted octanol–water partition coefficient (Wildman–Crippen LogP) is -0.577. The van der Waals surface area contributed by atoms with Crippen LogP contribution in [0.3, 0.4) is 0 Å². The minimum atomic E-state index is -1.51. The summed E-state index contributed by atoms with van der Waals surface area (Å²) in [6, 6.07) is 3.80. The number of nitrogens with zero attached hydrogens (tertiary/aromatic N) is 2. The number of urea groups is 2. The van der Waals surface area contributed by atoms with Gasteiger partial charge in [-0.1, -0.05) is 24.3 Å². The van der Waals surface area contributed by atoms with Crippen LogP contribution in [0.5, 0.6) is 11.5 Å². The Balaban J connectivity index is 1.53. The van der Waals surface area contributed by atoms with Crippen molar-refractivity contribution in [1.29, 1.82) is 0 Å². The second kappa shape index (κ2) is 21.1. The number of aliphatic hydroxyl groups excluding tert-OH is 1. The summed E-state index contributed by atoms with van der Waals surface area (Å²) in [4.78, 5) is 93.0. The molecule has 320 valence electrons. The van der Waals surface area contributed by atoms with E-state index in [1.54, 1.807) is 24.5 Å². The van der Waals surface area contributed by atoms with Crippen LogP contribution in [0.2, 0.25) is 0 Å². The van der Waals surface area contributed by atoms with E-state index in [2.05, 4.69) is 26.6 Å². The maximum absolute atomic E-state index is 13.9. The lowest BCUT2D eigenvalue weighted by Gasteiger charge is -2.34. The number of phenols is 2. The number of rotatable bonds is 18. The summed E-state index contributed by atoms with van der Waals surface area (Å²) in [5.74, 6) is -3.87. The Labute approximate surface area is 343 Å². The second-order valence-corrected chi connectivity index (χ2v) is 15.1. The van der Waals surface area contributed by atoms with Gasteiger partial charge in [0.25, 0.3) is 0 Å². The normalized spacial score (nSPS) is 19.6. The van der Waals surface area contributed by atoms with E-state index in [4.69, 9.17) is 10.5 Å². The van der Waals surface area contributed by atoms with Gasteiger partial charge >= 0.3 is 18.0 Å². The Kier molecular flexibility index (Phi) is 16.3. The maximum atomic E-state index is 13.9. The lowest BCUT2D eigenvalue weighted by atomic mass is 10.0. The van der Waals surface area contributed by atoms with Gasteiger partial charge in [0.15, 0.2) is 0 Å². The summed E-state index contributed by atoms with van der Waals surface area (Å²) in [5.41, 5.74) is 7.26. The van der Waals surface area contributed by atoms with Gasteiger partial charge in [0, 0.05) is 39.1 Å². The lowest BCUT2D eigenvalue weighted by Crippen LogP contribution is -2.62. The van der Waals surface area contributed by atoms with Gasteiger partial charge in [-0.3, -0.25) is 29.4 Å². The molecule has 8 amide bonds. The first-order valence-electron chi connectivity index (χ1n) is 18.6. The SMILES string of the molecule is CSCC[C@@H](NC(=O)N[C@@H](Cc1cccc(O)c1)C(=O)O)C(=O)N[C@H](C(=O)NC=C1C[C@@H](O)[C@@H](N2CCC(=O)NC2=O)O1)[C@H](C)N(C)C(=O)[C@@H](N)Cc1cccc(O)c1. The molecule has 59 heavy (non-hydrogen) atoms. The predicted molar refractivity (Wildman–Crippen MR) is 212 cm³/mol. The summed E-state index contributed by atoms with van der Waals surface area (Å²) in [5, 5.41) is 52.2. The van der Waals surface area contributed by atoms with Crippen LogP contribution in [0.15, 0.2) is 60.5 Å². The smallest absolute Gasteiger partial charge is 0.327 e. The number of imide groups is 1.